The van der Waals surface area contributed by atoms with Gasteiger partial charge in [-0.15, -0.1) is 0 Å². The Labute approximate surface area is 159 Å². The lowest BCUT2D eigenvalue weighted by atomic mass is 10.2. The Hall–Kier alpha value is -2.47. The lowest BCUT2D eigenvalue weighted by Crippen LogP contribution is -2.41. The van der Waals surface area contributed by atoms with Crippen LogP contribution in [0.3, 0.4) is 0 Å². The van der Waals surface area contributed by atoms with Crippen molar-refractivity contribution >= 4 is 0 Å². The van der Waals surface area contributed by atoms with Crippen molar-refractivity contribution in [3.05, 3.63) is 30.2 Å². The molecule has 8 heteroatoms. The largest absolute Gasteiger partial charge is 0.497 e. The molecule has 27 heavy (non-hydrogen) atoms. The SMILES string of the molecule is COc1ccc(-c2noc(CN(CCC#N)CCN3CCOCC3)n2)cc1. The van der Waals surface area contributed by atoms with Crippen LogP contribution in [0.25, 0.3) is 11.4 Å². The molecular weight excluding hydrogens is 346 g/mol. The van der Waals surface area contributed by atoms with Crippen LogP contribution in [0.1, 0.15) is 12.3 Å². The first-order valence-electron chi connectivity index (χ1n) is 9.15. The normalized spacial score (nSPS) is 15.0. The summed E-state index contributed by atoms with van der Waals surface area (Å²) in [6, 6.07) is 9.75. The van der Waals surface area contributed by atoms with Gasteiger partial charge in [0.25, 0.3) is 0 Å². The number of nitrogens with zero attached hydrogens (tertiary/aromatic N) is 5. The zero-order valence-electron chi connectivity index (χ0n) is 15.6. The Kier molecular flexibility index (Phi) is 7.16. The Balaban J connectivity index is 1.59. The number of methoxy groups -OCH3 is 1. The maximum atomic E-state index is 8.93. The molecule has 3 rings (SSSR count). The molecule has 2 heterocycles. The van der Waals surface area contributed by atoms with Crippen molar-refractivity contribution in [3.8, 4) is 23.2 Å². The van der Waals surface area contributed by atoms with Crippen molar-refractivity contribution in [2.24, 2.45) is 0 Å². The molecule has 0 spiro atoms. The number of hydrogen-bond acceptors (Lipinski definition) is 8. The third kappa shape index (κ3) is 5.76. The van der Waals surface area contributed by atoms with Gasteiger partial charge in [0.2, 0.25) is 11.7 Å². The summed E-state index contributed by atoms with van der Waals surface area (Å²) in [6.45, 7) is 6.48. The number of hydrogen-bond donors (Lipinski definition) is 0. The highest BCUT2D eigenvalue weighted by Crippen LogP contribution is 2.20. The molecule has 0 bridgehead atoms. The maximum Gasteiger partial charge on any atom is 0.241 e. The lowest BCUT2D eigenvalue weighted by molar-refractivity contribution is 0.0325. The molecule has 1 saturated heterocycles. The van der Waals surface area contributed by atoms with Crippen LogP contribution in [0.5, 0.6) is 5.75 Å². The molecule has 0 atom stereocenters. The van der Waals surface area contributed by atoms with Gasteiger partial charge in [0.05, 0.1) is 32.9 Å². The van der Waals surface area contributed by atoms with Crippen LogP contribution < -0.4 is 4.74 Å². The van der Waals surface area contributed by atoms with Crippen LogP contribution >= 0.6 is 0 Å². The Morgan fingerprint density at radius 2 is 2.00 bits per heavy atom. The van der Waals surface area contributed by atoms with Crippen molar-refractivity contribution in [3.63, 3.8) is 0 Å². The predicted molar refractivity (Wildman–Crippen MR) is 99.1 cm³/mol. The number of rotatable bonds is 9. The number of nitriles is 1. The first-order valence-corrected chi connectivity index (χ1v) is 9.15. The molecule has 8 nitrogen and oxygen atoms in total. The molecule has 2 aromatic rings. The second-order valence-electron chi connectivity index (χ2n) is 6.38. The second-order valence-corrected chi connectivity index (χ2v) is 6.38. The van der Waals surface area contributed by atoms with Crippen LogP contribution in [0.4, 0.5) is 0 Å². The summed E-state index contributed by atoms with van der Waals surface area (Å²) in [5.41, 5.74) is 0.877. The number of aromatic nitrogens is 2. The van der Waals surface area contributed by atoms with Gasteiger partial charge in [0.15, 0.2) is 0 Å². The van der Waals surface area contributed by atoms with Crippen LogP contribution in [0.2, 0.25) is 0 Å². The van der Waals surface area contributed by atoms with Crippen molar-refractivity contribution in [1.29, 1.82) is 5.26 Å². The number of benzene rings is 1. The van der Waals surface area contributed by atoms with Gasteiger partial charge in [-0.2, -0.15) is 10.2 Å². The molecule has 1 aromatic carbocycles. The summed E-state index contributed by atoms with van der Waals surface area (Å²) in [7, 11) is 1.63. The fourth-order valence-electron chi connectivity index (χ4n) is 2.95. The molecule has 144 valence electrons. The fourth-order valence-corrected chi connectivity index (χ4v) is 2.95. The summed E-state index contributed by atoms with van der Waals surface area (Å²) in [6.07, 6.45) is 0.475. The van der Waals surface area contributed by atoms with E-state index in [-0.39, 0.29) is 0 Å². The predicted octanol–water partition coefficient (Wildman–Crippen LogP) is 1.79. The third-order valence-corrected chi connectivity index (χ3v) is 4.55. The fraction of sp³-hybridized carbons (Fsp3) is 0.526. The summed E-state index contributed by atoms with van der Waals surface area (Å²) in [5.74, 6) is 1.90. The average molecular weight is 371 g/mol. The van der Waals surface area contributed by atoms with Crippen LogP contribution in [0.15, 0.2) is 28.8 Å². The minimum atomic E-state index is 0.475. The van der Waals surface area contributed by atoms with Gasteiger partial charge in [0.1, 0.15) is 5.75 Å². The van der Waals surface area contributed by atoms with Crippen LogP contribution in [-0.2, 0) is 11.3 Å². The molecule has 1 aromatic heterocycles. The lowest BCUT2D eigenvalue weighted by Gasteiger charge is -2.29. The zero-order valence-corrected chi connectivity index (χ0v) is 15.6. The van der Waals surface area contributed by atoms with E-state index >= 15 is 0 Å². The summed E-state index contributed by atoms with van der Waals surface area (Å²) in [4.78, 5) is 9.06. The van der Waals surface area contributed by atoms with E-state index < -0.39 is 0 Å². The van der Waals surface area contributed by atoms with Gasteiger partial charge < -0.3 is 14.0 Å². The average Bonchev–Trinajstić information content (AvgIpc) is 3.19. The Bertz CT molecular complexity index is 735. The molecule has 1 aliphatic heterocycles. The second kappa shape index (κ2) is 10.0. The molecule has 1 aliphatic rings. The third-order valence-electron chi connectivity index (χ3n) is 4.55. The molecule has 0 aliphatic carbocycles. The molecule has 0 unspecified atom stereocenters. The molecule has 0 radical (unpaired) electrons. The summed E-state index contributed by atoms with van der Waals surface area (Å²) < 4.78 is 16.0. The highest BCUT2D eigenvalue weighted by atomic mass is 16.5. The van der Waals surface area contributed by atoms with Gasteiger partial charge in [0, 0.05) is 44.7 Å². The Morgan fingerprint density at radius 1 is 1.22 bits per heavy atom. The van der Waals surface area contributed by atoms with Crippen LogP contribution in [0, 0.1) is 11.3 Å². The summed E-state index contributed by atoms with van der Waals surface area (Å²) in [5, 5.41) is 13.0. The van der Waals surface area contributed by atoms with Gasteiger partial charge in [-0.1, -0.05) is 5.16 Å². The zero-order chi connectivity index (χ0) is 18.9. The monoisotopic (exact) mass is 371 g/mol. The first-order chi connectivity index (χ1) is 13.3. The molecule has 1 fully saturated rings. The molecule has 0 N–H and O–H groups in total. The van der Waals surface area contributed by atoms with Gasteiger partial charge in [-0.3, -0.25) is 9.80 Å². The van der Waals surface area contributed by atoms with E-state index in [1.807, 2.05) is 24.3 Å². The van der Waals surface area contributed by atoms with Gasteiger partial charge in [-0.25, -0.2) is 0 Å². The van der Waals surface area contributed by atoms with Crippen molar-refractivity contribution in [2.45, 2.75) is 13.0 Å². The van der Waals surface area contributed by atoms with E-state index in [0.717, 1.165) is 50.7 Å². The minimum Gasteiger partial charge on any atom is -0.497 e. The van der Waals surface area contributed by atoms with E-state index in [0.29, 0.717) is 31.2 Å². The molecule has 0 amide bonds. The van der Waals surface area contributed by atoms with Gasteiger partial charge in [-0.05, 0) is 24.3 Å². The van der Waals surface area contributed by atoms with E-state index in [4.69, 9.17) is 19.3 Å². The van der Waals surface area contributed by atoms with Gasteiger partial charge >= 0.3 is 0 Å². The number of ether oxygens (including phenoxy) is 2. The highest BCUT2D eigenvalue weighted by molar-refractivity contribution is 5.55. The molecular formula is C19H25N5O3. The minimum absolute atomic E-state index is 0.475. The van der Waals surface area contributed by atoms with Crippen molar-refractivity contribution < 1.29 is 14.0 Å². The van der Waals surface area contributed by atoms with Crippen LogP contribution in [-0.4, -0.2) is 73.0 Å². The van der Waals surface area contributed by atoms with E-state index in [1.54, 1.807) is 7.11 Å². The maximum absolute atomic E-state index is 8.93. The van der Waals surface area contributed by atoms with Crippen molar-refractivity contribution in [1.82, 2.24) is 19.9 Å². The van der Waals surface area contributed by atoms with E-state index in [1.165, 1.54) is 0 Å². The quantitative estimate of drug-likeness (QED) is 0.659. The topological polar surface area (TPSA) is 87.7 Å². The van der Waals surface area contributed by atoms with E-state index in [2.05, 4.69) is 26.0 Å². The number of morpholine rings is 1. The highest BCUT2D eigenvalue weighted by Gasteiger charge is 2.16. The van der Waals surface area contributed by atoms with Crippen molar-refractivity contribution in [2.75, 3.05) is 53.0 Å². The summed E-state index contributed by atoms with van der Waals surface area (Å²) >= 11 is 0. The Morgan fingerprint density at radius 3 is 2.70 bits per heavy atom. The molecule has 0 saturated carbocycles. The van der Waals surface area contributed by atoms with E-state index in [9.17, 15) is 0 Å². The smallest absolute Gasteiger partial charge is 0.241 e. The standard InChI is InChI=1S/C19H25N5O3/c1-25-17-5-3-16(4-6-17)19-21-18(27-22-19)15-24(8-2-7-20)10-9-23-11-13-26-14-12-23/h3-6H,2,8-15H2,1H3. The first kappa shape index (κ1) is 19.3.